The maximum Gasteiger partial charge on any atom is 0.335 e. The van der Waals surface area contributed by atoms with Crippen molar-refractivity contribution in [2.45, 2.75) is 20.8 Å². The molecule has 3 aromatic rings. The molecule has 10 heteroatoms. The first-order valence-electron chi connectivity index (χ1n) is 11.9. The zero-order chi connectivity index (χ0) is 28.3. The Balaban J connectivity index is 1.57. The molecular formula is C29H26BrN3O6. The van der Waals surface area contributed by atoms with E-state index in [1.54, 1.807) is 36.4 Å². The van der Waals surface area contributed by atoms with Gasteiger partial charge in [0.2, 0.25) is 0 Å². The molecule has 9 nitrogen and oxygen atoms in total. The molecule has 0 aliphatic carbocycles. The molecule has 1 aliphatic rings. The summed E-state index contributed by atoms with van der Waals surface area (Å²) in [6, 6.07) is 14.9. The highest BCUT2D eigenvalue weighted by atomic mass is 79.9. The van der Waals surface area contributed by atoms with E-state index in [2.05, 4.69) is 26.6 Å². The van der Waals surface area contributed by atoms with Gasteiger partial charge >= 0.3 is 6.03 Å². The van der Waals surface area contributed by atoms with E-state index < -0.39 is 17.8 Å². The summed E-state index contributed by atoms with van der Waals surface area (Å²) >= 11 is 3.42. The number of hydrogen-bond acceptors (Lipinski definition) is 6. The Hall–Kier alpha value is -4.44. The Morgan fingerprint density at radius 1 is 1.00 bits per heavy atom. The number of carbonyl (C=O) groups is 4. The van der Waals surface area contributed by atoms with Gasteiger partial charge < -0.3 is 14.8 Å². The van der Waals surface area contributed by atoms with Gasteiger partial charge in [-0.25, -0.2) is 9.69 Å². The van der Waals surface area contributed by atoms with Crippen LogP contribution < -0.4 is 25.0 Å². The van der Waals surface area contributed by atoms with Gasteiger partial charge in [-0.05, 0) is 95.4 Å². The minimum absolute atomic E-state index is 0.229. The van der Waals surface area contributed by atoms with E-state index in [-0.39, 0.29) is 29.6 Å². The second-order valence-corrected chi connectivity index (χ2v) is 9.77. The number of carbonyl (C=O) groups excluding carboxylic acids is 4. The van der Waals surface area contributed by atoms with Crippen LogP contribution in [0, 0.1) is 20.8 Å². The van der Waals surface area contributed by atoms with Crippen LogP contribution in [-0.2, 0) is 14.4 Å². The number of ether oxygens (including phenoxy) is 2. The van der Waals surface area contributed by atoms with Crippen molar-refractivity contribution in [3.63, 3.8) is 0 Å². The lowest BCUT2D eigenvalue weighted by Crippen LogP contribution is -2.54. The van der Waals surface area contributed by atoms with E-state index in [0.29, 0.717) is 21.4 Å². The zero-order valence-corrected chi connectivity index (χ0v) is 23.3. The lowest BCUT2D eigenvalue weighted by atomic mass is 10.0. The van der Waals surface area contributed by atoms with Gasteiger partial charge in [0.15, 0.2) is 18.1 Å². The van der Waals surface area contributed by atoms with E-state index in [4.69, 9.17) is 9.47 Å². The van der Waals surface area contributed by atoms with Crippen molar-refractivity contribution < 1.29 is 28.7 Å². The summed E-state index contributed by atoms with van der Waals surface area (Å²) < 4.78 is 11.6. The van der Waals surface area contributed by atoms with Crippen LogP contribution in [0.25, 0.3) is 6.08 Å². The Bertz CT molecular complexity index is 1530. The first-order valence-corrected chi connectivity index (χ1v) is 12.7. The fourth-order valence-corrected chi connectivity index (χ4v) is 4.50. The second-order valence-electron chi connectivity index (χ2n) is 8.91. The molecule has 0 aromatic heterocycles. The number of rotatable bonds is 7. The van der Waals surface area contributed by atoms with Gasteiger partial charge in [-0.2, -0.15) is 0 Å². The molecule has 0 saturated carbocycles. The number of urea groups is 1. The highest BCUT2D eigenvalue weighted by molar-refractivity contribution is 9.10. The van der Waals surface area contributed by atoms with Gasteiger partial charge in [0, 0.05) is 5.69 Å². The minimum Gasteiger partial charge on any atom is -0.493 e. The third-order valence-corrected chi connectivity index (χ3v) is 6.77. The molecule has 1 saturated heterocycles. The van der Waals surface area contributed by atoms with Crippen molar-refractivity contribution in [1.82, 2.24) is 5.32 Å². The Labute approximate surface area is 233 Å². The number of barbiturate groups is 1. The van der Waals surface area contributed by atoms with E-state index in [1.165, 1.54) is 13.2 Å². The van der Waals surface area contributed by atoms with E-state index in [1.807, 2.05) is 39.0 Å². The molecule has 2 N–H and O–H groups in total. The third-order valence-electron chi connectivity index (χ3n) is 6.18. The number of hydrogen-bond donors (Lipinski definition) is 2. The average Bonchev–Trinajstić information content (AvgIpc) is 2.89. The van der Waals surface area contributed by atoms with Gasteiger partial charge in [0.1, 0.15) is 5.57 Å². The van der Waals surface area contributed by atoms with E-state index in [9.17, 15) is 19.2 Å². The summed E-state index contributed by atoms with van der Waals surface area (Å²) in [6.07, 6.45) is 1.36. The maximum atomic E-state index is 13.3. The Kier molecular flexibility index (Phi) is 8.15. The molecule has 0 unspecified atom stereocenters. The van der Waals surface area contributed by atoms with Crippen LogP contribution in [0.1, 0.15) is 22.3 Å². The summed E-state index contributed by atoms with van der Waals surface area (Å²) in [5.74, 6) is -1.38. The number of para-hydroxylation sites is 1. The monoisotopic (exact) mass is 591 g/mol. The molecule has 1 heterocycles. The van der Waals surface area contributed by atoms with Crippen molar-refractivity contribution in [1.29, 1.82) is 0 Å². The highest BCUT2D eigenvalue weighted by Gasteiger charge is 2.37. The fraction of sp³-hybridized carbons (Fsp3) is 0.172. The number of nitrogens with zero attached hydrogens (tertiary/aromatic N) is 1. The summed E-state index contributed by atoms with van der Waals surface area (Å²) in [6.45, 7) is 5.39. The van der Waals surface area contributed by atoms with Crippen molar-refractivity contribution >= 4 is 57.1 Å². The van der Waals surface area contributed by atoms with Crippen molar-refractivity contribution in [3.8, 4) is 11.5 Å². The average molecular weight is 592 g/mol. The predicted molar refractivity (Wildman–Crippen MR) is 151 cm³/mol. The molecule has 0 bridgehead atoms. The SMILES string of the molecule is COc1cc(/C=C2/C(=O)NC(=O)N(c3ccc(C)c(C)c3)C2=O)cc(Br)c1OCC(=O)Nc1ccccc1C. The number of nitrogens with one attached hydrogen (secondary N) is 2. The van der Waals surface area contributed by atoms with Crippen molar-refractivity contribution in [3.05, 3.63) is 86.9 Å². The summed E-state index contributed by atoms with van der Waals surface area (Å²) in [4.78, 5) is 51.8. The normalized spacial score (nSPS) is 14.3. The van der Waals surface area contributed by atoms with E-state index >= 15 is 0 Å². The molecule has 5 amide bonds. The molecule has 0 spiro atoms. The molecule has 1 fully saturated rings. The smallest absolute Gasteiger partial charge is 0.335 e. The third kappa shape index (κ3) is 6.01. The fourth-order valence-electron chi connectivity index (χ4n) is 3.92. The maximum absolute atomic E-state index is 13.3. The van der Waals surface area contributed by atoms with Crippen LogP contribution >= 0.6 is 15.9 Å². The lowest BCUT2D eigenvalue weighted by Gasteiger charge is -2.27. The number of anilines is 2. The van der Waals surface area contributed by atoms with Crippen molar-refractivity contribution in [2.75, 3.05) is 23.9 Å². The van der Waals surface area contributed by atoms with Gasteiger partial charge in [0.25, 0.3) is 17.7 Å². The lowest BCUT2D eigenvalue weighted by molar-refractivity contribution is -0.122. The van der Waals surface area contributed by atoms with Crippen LogP contribution in [0.2, 0.25) is 0 Å². The van der Waals surface area contributed by atoms with Gasteiger partial charge in [-0.3, -0.25) is 19.7 Å². The first kappa shape index (κ1) is 27.6. The molecule has 1 aliphatic heterocycles. The van der Waals surface area contributed by atoms with Gasteiger partial charge in [-0.1, -0.05) is 24.3 Å². The van der Waals surface area contributed by atoms with Crippen LogP contribution in [0.4, 0.5) is 16.2 Å². The molecule has 39 heavy (non-hydrogen) atoms. The summed E-state index contributed by atoms with van der Waals surface area (Å²) in [5.41, 5.74) is 4.06. The molecule has 3 aromatic carbocycles. The van der Waals surface area contributed by atoms with Crippen LogP contribution in [0.5, 0.6) is 11.5 Å². The number of amides is 5. The molecule has 0 atom stereocenters. The Morgan fingerprint density at radius 2 is 1.74 bits per heavy atom. The molecule has 0 radical (unpaired) electrons. The highest BCUT2D eigenvalue weighted by Crippen LogP contribution is 2.37. The van der Waals surface area contributed by atoms with Gasteiger partial charge in [0.05, 0.1) is 17.3 Å². The molecular weight excluding hydrogens is 566 g/mol. The summed E-state index contributed by atoms with van der Waals surface area (Å²) in [5, 5.41) is 5.02. The largest absolute Gasteiger partial charge is 0.493 e. The minimum atomic E-state index is -0.822. The number of imide groups is 2. The quantitative estimate of drug-likeness (QED) is 0.293. The van der Waals surface area contributed by atoms with Crippen LogP contribution in [0.3, 0.4) is 0 Å². The van der Waals surface area contributed by atoms with E-state index in [0.717, 1.165) is 21.6 Å². The summed E-state index contributed by atoms with van der Waals surface area (Å²) in [7, 11) is 1.43. The molecule has 4 rings (SSSR count). The predicted octanol–water partition coefficient (Wildman–Crippen LogP) is 5.07. The van der Waals surface area contributed by atoms with Crippen LogP contribution in [0.15, 0.2) is 64.6 Å². The number of halogens is 1. The zero-order valence-electron chi connectivity index (χ0n) is 21.8. The molecule has 200 valence electrons. The number of benzene rings is 3. The number of methoxy groups -OCH3 is 1. The Morgan fingerprint density at radius 3 is 2.44 bits per heavy atom. The van der Waals surface area contributed by atoms with Crippen molar-refractivity contribution in [2.24, 2.45) is 0 Å². The second kappa shape index (κ2) is 11.5. The first-order chi connectivity index (χ1) is 18.6. The van der Waals surface area contributed by atoms with Gasteiger partial charge in [-0.15, -0.1) is 0 Å². The topological polar surface area (TPSA) is 114 Å². The van der Waals surface area contributed by atoms with Crippen LogP contribution in [-0.4, -0.2) is 37.5 Å². The number of aryl methyl sites for hydroxylation is 3. The standard InChI is InChI=1S/C29H26BrN3O6/c1-16-9-10-20(11-18(16)3)33-28(36)21(27(35)32-29(33)37)12-19-13-22(30)26(24(14-19)38-4)39-15-25(34)31-23-8-6-5-7-17(23)2/h5-14H,15H2,1-4H3,(H,31,34)(H,32,35,37)/b21-12-.